The third-order valence-corrected chi connectivity index (χ3v) is 1.35. The zero-order chi connectivity index (χ0) is 8.41. The fraction of sp³-hybridized carbons (Fsp3) is 0.857. The van der Waals surface area contributed by atoms with Gasteiger partial charge in [-0.05, 0) is 6.42 Å². The van der Waals surface area contributed by atoms with Crippen LogP contribution in [0.2, 0.25) is 0 Å². The van der Waals surface area contributed by atoms with Crippen molar-refractivity contribution in [3.63, 3.8) is 0 Å². The number of hydrogen-bond acceptors (Lipinski definition) is 1. The highest BCUT2D eigenvalue weighted by Gasteiger charge is 1.80. The van der Waals surface area contributed by atoms with E-state index in [2.05, 4.69) is 22.9 Å². The Bertz CT molecular complexity index is 72.0. The minimum atomic E-state index is -0.745. The van der Waals surface area contributed by atoms with Gasteiger partial charge in [0.15, 0.2) is 0 Å². The summed E-state index contributed by atoms with van der Waals surface area (Å²) in [5.41, 5.74) is 0. The summed E-state index contributed by atoms with van der Waals surface area (Å²) in [7, 11) is 0. The summed E-state index contributed by atoms with van der Waals surface area (Å²) < 4.78 is 0. The van der Waals surface area contributed by atoms with Crippen LogP contribution in [-0.4, -0.2) is 16.4 Å². The van der Waals surface area contributed by atoms with E-state index in [1.165, 1.54) is 12.8 Å². The van der Waals surface area contributed by atoms with E-state index in [0.29, 0.717) is 0 Å². The number of unbranched alkanes of at least 4 members (excludes halogenated alkanes) is 1. The van der Waals surface area contributed by atoms with E-state index in [9.17, 15) is 4.79 Å². The van der Waals surface area contributed by atoms with Gasteiger partial charge < -0.3 is 5.11 Å². The lowest BCUT2D eigenvalue weighted by atomic mass is 10.4. The lowest BCUT2D eigenvalue weighted by Gasteiger charge is -1.77. The Morgan fingerprint density at radius 2 is 1.90 bits per heavy atom. The normalized spacial score (nSPS) is 7.90. The summed E-state index contributed by atoms with van der Waals surface area (Å²) in [6.45, 7) is 3.78. The smallest absolute Gasteiger partial charge is 0.303 e. The van der Waals surface area contributed by atoms with Crippen molar-refractivity contribution in [2.24, 2.45) is 0 Å². The molecule has 0 heterocycles. The van der Waals surface area contributed by atoms with E-state index in [-0.39, 0.29) is 6.42 Å². The van der Waals surface area contributed by atoms with Crippen LogP contribution in [0.25, 0.3) is 0 Å². The Balaban J connectivity index is 0. The SMILES string of the molecule is CCC(=O)O.CCCCBr. The molecule has 1 N–H and O–H groups in total. The van der Waals surface area contributed by atoms with Crippen molar-refractivity contribution in [2.45, 2.75) is 33.1 Å². The molecule has 0 fully saturated rings. The van der Waals surface area contributed by atoms with Crippen LogP contribution in [0.5, 0.6) is 0 Å². The molecule has 0 atom stereocenters. The molecule has 0 amide bonds. The number of hydrogen-bond donors (Lipinski definition) is 1. The maximum Gasteiger partial charge on any atom is 0.303 e. The Kier molecular flexibility index (Phi) is 14.8. The van der Waals surface area contributed by atoms with Crippen LogP contribution in [0, 0.1) is 0 Å². The largest absolute Gasteiger partial charge is 0.481 e. The van der Waals surface area contributed by atoms with Crippen molar-refractivity contribution in [3.8, 4) is 0 Å². The van der Waals surface area contributed by atoms with Gasteiger partial charge in [-0.25, -0.2) is 0 Å². The van der Waals surface area contributed by atoms with Gasteiger partial charge in [0.1, 0.15) is 0 Å². The standard InChI is InChI=1S/C4H9Br.C3H6O2/c1-2-3-4-5;1-2-3(4)5/h2-4H2,1H3;2H2,1H3,(H,4,5). The van der Waals surface area contributed by atoms with Gasteiger partial charge in [0.05, 0.1) is 0 Å². The van der Waals surface area contributed by atoms with Gasteiger partial charge in [-0.1, -0.05) is 36.2 Å². The van der Waals surface area contributed by atoms with E-state index < -0.39 is 5.97 Å². The van der Waals surface area contributed by atoms with Crippen molar-refractivity contribution < 1.29 is 9.90 Å². The Hall–Kier alpha value is -0.0500. The van der Waals surface area contributed by atoms with Crippen molar-refractivity contribution in [1.82, 2.24) is 0 Å². The van der Waals surface area contributed by atoms with Crippen LogP contribution in [0.4, 0.5) is 0 Å². The fourth-order valence-electron chi connectivity index (χ4n) is 0.134. The molecular formula is C7H15BrO2. The van der Waals surface area contributed by atoms with Gasteiger partial charge in [-0.3, -0.25) is 4.79 Å². The van der Waals surface area contributed by atoms with Crippen LogP contribution in [0.3, 0.4) is 0 Å². The van der Waals surface area contributed by atoms with Crippen molar-refractivity contribution in [3.05, 3.63) is 0 Å². The van der Waals surface area contributed by atoms with Gasteiger partial charge in [-0.2, -0.15) is 0 Å². The van der Waals surface area contributed by atoms with E-state index in [4.69, 9.17) is 5.11 Å². The highest BCUT2D eigenvalue weighted by atomic mass is 79.9. The molecule has 0 aromatic rings. The Morgan fingerprint density at radius 3 is 1.90 bits per heavy atom. The zero-order valence-electron chi connectivity index (χ0n) is 6.56. The molecule has 0 aliphatic heterocycles. The maximum absolute atomic E-state index is 9.37. The second kappa shape index (κ2) is 11.7. The summed E-state index contributed by atoms with van der Waals surface area (Å²) in [6.07, 6.45) is 2.82. The van der Waals surface area contributed by atoms with Gasteiger partial charge in [0.25, 0.3) is 0 Å². The second-order valence-corrected chi connectivity index (χ2v) is 2.58. The number of halogens is 1. The van der Waals surface area contributed by atoms with Gasteiger partial charge >= 0.3 is 5.97 Å². The first-order chi connectivity index (χ1) is 4.68. The fourth-order valence-corrected chi connectivity index (χ4v) is 0.694. The maximum atomic E-state index is 9.37. The molecule has 0 unspecified atom stereocenters. The first-order valence-corrected chi connectivity index (χ1v) is 4.58. The van der Waals surface area contributed by atoms with Crippen molar-refractivity contribution in [1.29, 1.82) is 0 Å². The molecule has 0 aliphatic rings. The van der Waals surface area contributed by atoms with Crippen LogP contribution >= 0.6 is 15.9 Å². The summed E-state index contributed by atoms with van der Waals surface area (Å²) in [6, 6.07) is 0. The molecule has 62 valence electrons. The van der Waals surface area contributed by atoms with Crippen molar-refractivity contribution in [2.75, 3.05) is 5.33 Å². The third-order valence-electron chi connectivity index (χ3n) is 0.790. The molecule has 0 aromatic heterocycles. The molecule has 0 spiro atoms. The monoisotopic (exact) mass is 210 g/mol. The van der Waals surface area contributed by atoms with E-state index >= 15 is 0 Å². The molecule has 0 aliphatic carbocycles. The van der Waals surface area contributed by atoms with E-state index in [1.807, 2.05) is 0 Å². The predicted molar refractivity (Wildman–Crippen MR) is 46.6 cm³/mol. The van der Waals surface area contributed by atoms with Crippen LogP contribution in [-0.2, 0) is 4.79 Å². The highest BCUT2D eigenvalue weighted by molar-refractivity contribution is 9.09. The summed E-state index contributed by atoms with van der Waals surface area (Å²) in [5.74, 6) is -0.745. The molecule has 0 bridgehead atoms. The highest BCUT2D eigenvalue weighted by Crippen LogP contribution is 1.89. The molecule has 0 radical (unpaired) electrons. The number of carboxylic acids is 1. The molecule has 0 saturated heterocycles. The van der Waals surface area contributed by atoms with Gasteiger partial charge in [0, 0.05) is 11.8 Å². The molecule has 0 saturated carbocycles. The Morgan fingerprint density at radius 1 is 1.50 bits per heavy atom. The van der Waals surface area contributed by atoms with Crippen LogP contribution in [0.1, 0.15) is 33.1 Å². The molecule has 0 aromatic carbocycles. The van der Waals surface area contributed by atoms with E-state index in [1.54, 1.807) is 6.92 Å². The number of carbonyl (C=O) groups is 1. The van der Waals surface area contributed by atoms with Crippen LogP contribution in [0.15, 0.2) is 0 Å². The lowest BCUT2D eigenvalue weighted by molar-refractivity contribution is -0.136. The average Bonchev–Trinajstić information content (AvgIpc) is 1.91. The predicted octanol–water partition coefficient (Wildman–Crippen LogP) is 2.66. The van der Waals surface area contributed by atoms with Crippen LogP contribution < -0.4 is 0 Å². The first-order valence-electron chi connectivity index (χ1n) is 3.46. The summed E-state index contributed by atoms with van der Waals surface area (Å²) in [4.78, 5) is 9.37. The first kappa shape index (κ1) is 12.6. The minimum absolute atomic E-state index is 0.222. The molecule has 0 rings (SSSR count). The topological polar surface area (TPSA) is 37.3 Å². The number of aliphatic carboxylic acids is 1. The number of carboxylic acid groups (broad SMARTS) is 1. The van der Waals surface area contributed by atoms with Gasteiger partial charge in [-0.15, -0.1) is 0 Å². The number of alkyl halides is 1. The van der Waals surface area contributed by atoms with E-state index in [0.717, 1.165) is 5.33 Å². The second-order valence-electron chi connectivity index (χ2n) is 1.79. The van der Waals surface area contributed by atoms with Crippen molar-refractivity contribution >= 4 is 21.9 Å². The number of rotatable bonds is 3. The lowest BCUT2D eigenvalue weighted by Crippen LogP contribution is -1.86. The summed E-state index contributed by atoms with van der Waals surface area (Å²) >= 11 is 3.31. The zero-order valence-corrected chi connectivity index (χ0v) is 8.15. The molecule has 2 nitrogen and oxygen atoms in total. The Labute approximate surface area is 70.8 Å². The summed E-state index contributed by atoms with van der Waals surface area (Å²) in [5, 5.41) is 8.88. The molecule has 10 heavy (non-hydrogen) atoms. The van der Waals surface area contributed by atoms with Gasteiger partial charge in [0.2, 0.25) is 0 Å². The quantitative estimate of drug-likeness (QED) is 0.728. The average molecular weight is 211 g/mol. The molecule has 3 heteroatoms. The molecular weight excluding hydrogens is 196 g/mol. The minimum Gasteiger partial charge on any atom is -0.481 e. The third kappa shape index (κ3) is 24.6.